The van der Waals surface area contributed by atoms with Crippen molar-refractivity contribution in [2.24, 2.45) is 5.92 Å². The molecule has 1 N–H and O–H groups in total. The summed E-state index contributed by atoms with van der Waals surface area (Å²) >= 11 is 0. The normalized spacial score (nSPS) is 12.7. The second kappa shape index (κ2) is 5.65. The van der Waals surface area contributed by atoms with Gasteiger partial charge in [-0.1, -0.05) is 20.3 Å². The highest BCUT2D eigenvalue weighted by atomic mass is 16.5. The van der Waals surface area contributed by atoms with Crippen LogP contribution < -0.4 is 0 Å². The number of methoxy groups -OCH3 is 1. The van der Waals surface area contributed by atoms with Crippen molar-refractivity contribution in [3.8, 4) is 0 Å². The van der Waals surface area contributed by atoms with Gasteiger partial charge in [0.1, 0.15) is 5.69 Å². The zero-order valence-corrected chi connectivity index (χ0v) is 9.82. The van der Waals surface area contributed by atoms with Crippen LogP contribution in [0.5, 0.6) is 0 Å². The first-order chi connectivity index (χ1) is 7.58. The maximum absolute atomic E-state index is 10.9. The fraction of sp³-hybridized carbons (Fsp3) is 0.636. The second-order valence-corrected chi connectivity index (χ2v) is 3.84. The molecule has 0 fully saturated rings. The fourth-order valence-electron chi connectivity index (χ4n) is 1.33. The van der Waals surface area contributed by atoms with Gasteiger partial charge in [-0.25, -0.2) is 9.78 Å². The molecule has 0 amide bonds. The Balaban J connectivity index is 2.87. The molecule has 16 heavy (non-hydrogen) atoms. The Labute approximate surface area is 94.4 Å². The quantitative estimate of drug-likeness (QED) is 0.805. The van der Waals surface area contributed by atoms with E-state index in [0.29, 0.717) is 23.9 Å². The standard InChI is InChI=1S/C11H17NO4/c1-4-7(2)5-9-12-8(6-15-3)10(16-9)11(13)14/h7H,4-6H2,1-3H3,(H,13,14). The fourth-order valence-corrected chi connectivity index (χ4v) is 1.33. The maximum Gasteiger partial charge on any atom is 0.373 e. The minimum absolute atomic E-state index is 0.111. The maximum atomic E-state index is 10.9. The number of ether oxygens (including phenoxy) is 1. The summed E-state index contributed by atoms with van der Waals surface area (Å²) in [5.74, 6) is -0.315. The van der Waals surface area contributed by atoms with E-state index in [1.54, 1.807) is 0 Å². The number of hydrogen-bond donors (Lipinski definition) is 1. The minimum Gasteiger partial charge on any atom is -0.475 e. The van der Waals surface area contributed by atoms with Crippen LogP contribution in [0.15, 0.2) is 4.42 Å². The molecular formula is C11H17NO4. The predicted octanol–water partition coefficient (Wildman–Crippen LogP) is 2.11. The summed E-state index contributed by atoms with van der Waals surface area (Å²) in [6.45, 7) is 4.30. The Morgan fingerprint density at radius 3 is 2.81 bits per heavy atom. The Morgan fingerprint density at radius 2 is 2.31 bits per heavy atom. The van der Waals surface area contributed by atoms with Gasteiger partial charge >= 0.3 is 5.97 Å². The number of oxazole rings is 1. The van der Waals surface area contributed by atoms with Crippen molar-refractivity contribution in [3.05, 3.63) is 17.3 Å². The van der Waals surface area contributed by atoms with Crippen LogP contribution >= 0.6 is 0 Å². The molecule has 0 aromatic carbocycles. The van der Waals surface area contributed by atoms with Crippen molar-refractivity contribution in [1.82, 2.24) is 4.98 Å². The van der Waals surface area contributed by atoms with E-state index in [-0.39, 0.29) is 12.4 Å². The average Bonchev–Trinajstić information content (AvgIpc) is 2.61. The first-order valence-electron chi connectivity index (χ1n) is 5.29. The van der Waals surface area contributed by atoms with E-state index in [9.17, 15) is 4.79 Å². The molecule has 0 aliphatic carbocycles. The molecule has 5 nitrogen and oxygen atoms in total. The Morgan fingerprint density at radius 1 is 1.62 bits per heavy atom. The van der Waals surface area contributed by atoms with Crippen molar-refractivity contribution < 1.29 is 19.1 Å². The summed E-state index contributed by atoms with van der Waals surface area (Å²) in [5.41, 5.74) is 0.355. The highest BCUT2D eigenvalue weighted by Crippen LogP contribution is 2.16. The highest BCUT2D eigenvalue weighted by molar-refractivity contribution is 5.85. The molecule has 1 aromatic rings. The van der Waals surface area contributed by atoms with Gasteiger partial charge in [-0.2, -0.15) is 0 Å². The van der Waals surface area contributed by atoms with Crippen LogP contribution in [-0.4, -0.2) is 23.2 Å². The lowest BCUT2D eigenvalue weighted by Crippen LogP contribution is -2.00. The molecule has 0 saturated heterocycles. The number of aromatic carboxylic acids is 1. The summed E-state index contributed by atoms with van der Waals surface area (Å²) in [5, 5.41) is 8.91. The van der Waals surface area contributed by atoms with Gasteiger partial charge in [-0.15, -0.1) is 0 Å². The van der Waals surface area contributed by atoms with Gasteiger partial charge in [-0.05, 0) is 5.92 Å². The lowest BCUT2D eigenvalue weighted by Gasteiger charge is -2.02. The summed E-state index contributed by atoms with van der Waals surface area (Å²) in [4.78, 5) is 15.0. The molecular weight excluding hydrogens is 210 g/mol. The average molecular weight is 227 g/mol. The second-order valence-electron chi connectivity index (χ2n) is 3.84. The molecule has 1 aromatic heterocycles. The number of carbonyl (C=O) groups is 1. The molecule has 1 atom stereocenters. The SMILES string of the molecule is CCC(C)Cc1nc(COC)c(C(=O)O)o1. The lowest BCUT2D eigenvalue weighted by atomic mass is 10.1. The van der Waals surface area contributed by atoms with E-state index < -0.39 is 5.97 Å². The van der Waals surface area contributed by atoms with E-state index in [2.05, 4.69) is 18.8 Å². The third kappa shape index (κ3) is 3.06. The van der Waals surface area contributed by atoms with Crippen molar-refractivity contribution in [2.45, 2.75) is 33.3 Å². The van der Waals surface area contributed by atoms with Crippen LogP contribution in [0.25, 0.3) is 0 Å². The summed E-state index contributed by atoms with van der Waals surface area (Å²) in [6, 6.07) is 0. The van der Waals surface area contributed by atoms with Crippen molar-refractivity contribution in [1.29, 1.82) is 0 Å². The number of rotatable bonds is 6. The summed E-state index contributed by atoms with van der Waals surface area (Å²) in [7, 11) is 1.49. The van der Waals surface area contributed by atoms with Crippen LogP contribution in [0, 0.1) is 5.92 Å². The predicted molar refractivity (Wildman–Crippen MR) is 57.3 cm³/mol. The summed E-state index contributed by atoms with van der Waals surface area (Å²) in [6.07, 6.45) is 1.66. The molecule has 1 heterocycles. The molecule has 0 bridgehead atoms. The highest BCUT2D eigenvalue weighted by Gasteiger charge is 2.19. The largest absolute Gasteiger partial charge is 0.475 e. The Bertz CT molecular complexity index is 359. The first kappa shape index (κ1) is 12.7. The molecule has 0 saturated carbocycles. The van der Waals surface area contributed by atoms with E-state index in [1.165, 1.54) is 7.11 Å². The van der Waals surface area contributed by atoms with E-state index in [1.807, 2.05) is 0 Å². The number of hydrogen-bond acceptors (Lipinski definition) is 4. The van der Waals surface area contributed by atoms with E-state index in [4.69, 9.17) is 14.3 Å². The van der Waals surface area contributed by atoms with Gasteiger partial charge in [0.25, 0.3) is 0 Å². The van der Waals surface area contributed by atoms with Crippen LogP contribution in [0.3, 0.4) is 0 Å². The number of carboxylic acids is 1. The van der Waals surface area contributed by atoms with Crippen LogP contribution in [0.1, 0.15) is 42.4 Å². The zero-order valence-electron chi connectivity index (χ0n) is 9.82. The molecule has 1 unspecified atom stereocenters. The van der Waals surface area contributed by atoms with Crippen LogP contribution in [0.4, 0.5) is 0 Å². The van der Waals surface area contributed by atoms with Crippen LogP contribution in [0.2, 0.25) is 0 Å². The molecule has 90 valence electrons. The third-order valence-electron chi connectivity index (χ3n) is 2.44. The lowest BCUT2D eigenvalue weighted by molar-refractivity contribution is 0.0653. The topological polar surface area (TPSA) is 72.6 Å². The third-order valence-corrected chi connectivity index (χ3v) is 2.44. The van der Waals surface area contributed by atoms with Crippen molar-refractivity contribution in [2.75, 3.05) is 7.11 Å². The number of carboxylic acid groups (broad SMARTS) is 1. The van der Waals surface area contributed by atoms with Gasteiger partial charge in [0.05, 0.1) is 6.61 Å². The molecule has 0 spiro atoms. The number of nitrogens with zero attached hydrogens (tertiary/aromatic N) is 1. The van der Waals surface area contributed by atoms with E-state index in [0.717, 1.165) is 6.42 Å². The van der Waals surface area contributed by atoms with Gasteiger partial charge in [0.15, 0.2) is 5.89 Å². The number of aromatic nitrogens is 1. The van der Waals surface area contributed by atoms with Gasteiger partial charge in [0.2, 0.25) is 5.76 Å². The molecule has 0 aliphatic heterocycles. The van der Waals surface area contributed by atoms with Crippen molar-refractivity contribution >= 4 is 5.97 Å². The molecule has 0 aliphatic rings. The Kier molecular flexibility index (Phi) is 4.49. The zero-order chi connectivity index (χ0) is 12.1. The molecule has 0 radical (unpaired) electrons. The molecule has 5 heteroatoms. The van der Waals surface area contributed by atoms with Gasteiger partial charge in [-0.3, -0.25) is 0 Å². The van der Waals surface area contributed by atoms with E-state index >= 15 is 0 Å². The van der Waals surface area contributed by atoms with Gasteiger partial charge in [0, 0.05) is 13.5 Å². The van der Waals surface area contributed by atoms with Gasteiger partial charge < -0.3 is 14.3 Å². The van der Waals surface area contributed by atoms with Crippen LogP contribution in [-0.2, 0) is 17.8 Å². The smallest absolute Gasteiger partial charge is 0.373 e. The summed E-state index contributed by atoms with van der Waals surface area (Å²) < 4.78 is 10.1. The molecule has 1 rings (SSSR count). The Hall–Kier alpha value is -1.36. The minimum atomic E-state index is -1.10. The monoisotopic (exact) mass is 227 g/mol. The van der Waals surface area contributed by atoms with Crippen molar-refractivity contribution in [3.63, 3.8) is 0 Å². The first-order valence-corrected chi connectivity index (χ1v) is 5.29.